The van der Waals surface area contributed by atoms with Crippen LogP contribution >= 0.6 is 0 Å². The Balaban J connectivity index is 2.36. The topological polar surface area (TPSA) is 24.5 Å². The average molecular weight is 194 g/mol. The first-order valence-electron chi connectivity index (χ1n) is 4.76. The molecule has 0 heterocycles. The zero-order valence-corrected chi connectivity index (χ0v) is 9.08. The van der Waals surface area contributed by atoms with Crippen LogP contribution in [-0.4, -0.2) is 32.8 Å². The van der Waals surface area contributed by atoms with Crippen LogP contribution in [0.1, 0.15) is 5.56 Å². The second-order valence-electron chi connectivity index (χ2n) is 3.40. The minimum Gasteiger partial charge on any atom is -0.497 e. The lowest BCUT2D eigenvalue weighted by Gasteiger charge is -2.11. The Labute approximate surface area is 85.6 Å². The molecule has 0 aliphatic carbocycles. The van der Waals surface area contributed by atoms with Crippen LogP contribution in [0.15, 0.2) is 24.3 Å². The van der Waals surface area contributed by atoms with Gasteiger partial charge in [0, 0.05) is 20.6 Å². The molecular weight excluding hydrogens is 176 g/mol. The van der Waals surface area contributed by atoms with E-state index in [4.69, 9.17) is 4.74 Å². The number of benzene rings is 1. The van der Waals surface area contributed by atoms with Crippen molar-refractivity contribution in [1.29, 1.82) is 0 Å². The quantitative estimate of drug-likeness (QED) is 0.715. The van der Waals surface area contributed by atoms with Crippen LogP contribution in [0, 0.1) is 0 Å². The SMILES string of the molecule is COc1ccc(CCNN(C)C)cc1. The minimum absolute atomic E-state index is 0.911. The summed E-state index contributed by atoms with van der Waals surface area (Å²) in [4.78, 5) is 0. The Morgan fingerprint density at radius 2 is 1.86 bits per heavy atom. The summed E-state index contributed by atoms with van der Waals surface area (Å²) in [7, 11) is 5.67. The molecule has 0 aromatic heterocycles. The standard InChI is InChI=1S/C11H18N2O/c1-13(2)12-9-8-10-4-6-11(14-3)7-5-10/h4-7,12H,8-9H2,1-3H3. The second kappa shape index (κ2) is 5.62. The van der Waals surface area contributed by atoms with Gasteiger partial charge in [0.2, 0.25) is 0 Å². The summed E-state index contributed by atoms with van der Waals surface area (Å²) >= 11 is 0. The molecule has 0 saturated heterocycles. The molecule has 0 spiro atoms. The molecule has 1 N–H and O–H groups in total. The van der Waals surface area contributed by atoms with Crippen molar-refractivity contribution in [3.8, 4) is 5.75 Å². The third-order valence-electron chi connectivity index (χ3n) is 2.00. The van der Waals surface area contributed by atoms with Crippen LogP contribution in [0.25, 0.3) is 0 Å². The van der Waals surface area contributed by atoms with Gasteiger partial charge in [-0.1, -0.05) is 12.1 Å². The van der Waals surface area contributed by atoms with Gasteiger partial charge < -0.3 is 4.74 Å². The predicted molar refractivity (Wildman–Crippen MR) is 58.4 cm³/mol. The Morgan fingerprint density at radius 1 is 1.21 bits per heavy atom. The highest BCUT2D eigenvalue weighted by Gasteiger charge is 1.94. The van der Waals surface area contributed by atoms with Crippen LogP contribution in [0.3, 0.4) is 0 Å². The molecule has 0 amide bonds. The lowest BCUT2D eigenvalue weighted by molar-refractivity contribution is 0.292. The highest BCUT2D eigenvalue weighted by molar-refractivity contribution is 5.27. The van der Waals surface area contributed by atoms with Gasteiger partial charge in [-0.05, 0) is 24.1 Å². The fourth-order valence-corrected chi connectivity index (χ4v) is 1.22. The molecular formula is C11H18N2O. The van der Waals surface area contributed by atoms with Crippen LogP contribution in [0.2, 0.25) is 0 Å². The number of rotatable bonds is 5. The number of nitrogens with one attached hydrogen (secondary N) is 1. The molecule has 3 nitrogen and oxygen atoms in total. The van der Waals surface area contributed by atoms with Crippen LogP contribution in [-0.2, 0) is 6.42 Å². The molecule has 0 aliphatic rings. The first-order valence-corrected chi connectivity index (χ1v) is 4.76. The lowest BCUT2D eigenvalue weighted by Crippen LogP contribution is -2.31. The first kappa shape index (κ1) is 11.0. The molecule has 1 aromatic carbocycles. The number of methoxy groups -OCH3 is 1. The lowest BCUT2D eigenvalue weighted by atomic mass is 10.1. The minimum atomic E-state index is 0.911. The van der Waals surface area contributed by atoms with Crippen molar-refractivity contribution in [3.05, 3.63) is 29.8 Å². The van der Waals surface area contributed by atoms with Crippen LogP contribution in [0.5, 0.6) is 5.75 Å². The van der Waals surface area contributed by atoms with Crippen molar-refractivity contribution in [2.75, 3.05) is 27.7 Å². The Morgan fingerprint density at radius 3 is 2.36 bits per heavy atom. The number of hydrogen-bond donors (Lipinski definition) is 1. The largest absolute Gasteiger partial charge is 0.497 e. The highest BCUT2D eigenvalue weighted by Crippen LogP contribution is 2.11. The van der Waals surface area contributed by atoms with Gasteiger partial charge in [0.15, 0.2) is 0 Å². The zero-order valence-electron chi connectivity index (χ0n) is 9.08. The molecule has 0 fully saturated rings. The fourth-order valence-electron chi connectivity index (χ4n) is 1.22. The Kier molecular flexibility index (Phi) is 4.43. The first-order chi connectivity index (χ1) is 6.72. The number of hydrazine groups is 1. The van der Waals surface area contributed by atoms with E-state index in [1.165, 1.54) is 5.56 Å². The van der Waals surface area contributed by atoms with E-state index in [1.807, 2.05) is 31.2 Å². The summed E-state index contributed by atoms with van der Waals surface area (Å²) in [6, 6.07) is 8.17. The van der Waals surface area contributed by atoms with Crippen molar-refractivity contribution >= 4 is 0 Å². The second-order valence-corrected chi connectivity index (χ2v) is 3.40. The van der Waals surface area contributed by atoms with Crippen LogP contribution < -0.4 is 10.2 Å². The van der Waals surface area contributed by atoms with Gasteiger partial charge in [0.1, 0.15) is 5.75 Å². The molecule has 3 heteroatoms. The van der Waals surface area contributed by atoms with Gasteiger partial charge in [0.05, 0.1) is 7.11 Å². The van der Waals surface area contributed by atoms with E-state index in [-0.39, 0.29) is 0 Å². The molecule has 1 rings (SSSR count). The fraction of sp³-hybridized carbons (Fsp3) is 0.455. The Bertz CT molecular complexity index is 256. The molecule has 0 atom stereocenters. The summed E-state index contributed by atoms with van der Waals surface area (Å²) in [5, 5.41) is 1.96. The van der Waals surface area contributed by atoms with Gasteiger partial charge in [0.25, 0.3) is 0 Å². The van der Waals surface area contributed by atoms with E-state index < -0.39 is 0 Å². The van der Waals surface area contributed by atoms with E-state index >= 15 is 0 Å². The van der Waals surface area contributed by atoms with Gasteiger partial charge in [-0.25, -0.2) is 0 Å². The van der Waals surface area contributed by atoms with E-state index in [9.17, 15) is 0 Å². The number of hydrogen-bond acceptors (Lipinski definition) is 3. The summed E-state index contributed by atoms with van der Waals surface area (Å²) in [6.45, 7) is 0.958. The third kappa shape index (κ3) is 3.77. The van der Waals surface area contributed by atoms with Crippen molar-refractivity contribution in [1.82, 2.24) is 10.4 Å². The maximum Gasteiger partial charge on any atom is 0.118 e. The summed E-state index contributed by atoms with van der Waals surface area (Å²) < 4.78 is 5.09. The van der Waals surface area contributed by atoms with Crippen molar-refractivity contribution < 1.29 is 4.74 Å². The highest BCUT2D eigenvalue weighted by atomic mass is 16.5. The molecule has 0 unspecified atom stereocenters. The Hall–Kier alpha value is -1.06. The van der Waals surface area contributed by atoms with Crippen molar-refractivity contribution in [2.45, 2.75) is 6.42 Å². The van der Waals surface area contributed by atoms with Crippen molar-refractivity contribution in [2.24, 2.45) is 0 Å². The molecule has 14 heavy (non-hydrogen) atoms. The molecule has 0 bridgehead atoms. The monoisotopic (exact) mass is 194 g/mol. The van der Waals surface area contributed by atoms with E-state index in [1.54, 1.807) is 7.11 Å². The normalized spacial score (nSPS) is 10.6. The maximum absolute atomic E-state index is 5.09. The van der Waals surface area contributed by atoms with E-state index in [0.717, 1.165) is 18.7 Å². The maximum atomic E-state index is 5.09. The van der Waals surface area contributed by atoms with Crippen LogP contribution in [0.4, 0.5) is 0 Å². The predicted octanol–water partition coefficient (Wildman–Crippen LogP) is 1.30. The molecule has 78 valence electrons. The molecule has 0 radical (unpaired) electrons. The smallest absolute Gasteiger partial charge is 0.118 e. The van der Waals surface area contributed by atoms with Crippen molar-refractivity contribution in [3.63, 3.8) is 0 Å². The average Bonchev–Trinajstić information content (AvgIpc) is 2.18. The molecule has 0 saturated carbocycles. The van der Waals surface area contributed by atoms with Gasteiger partial charge in [-0.3, -0.25) is 10.4 Å². The molecule has 0 aliphatic heterocycles. The van der Waals surface area contributed by atoms with Gasteiger partial charge in [-0.2, -0.15) is 0 Å². The van der Waals surface area contributed by atoms with Gasteiger partial charge in [-0.15, -0.1) is 0 Å². The number of nitrogens with zero attached hydrogens (tertiary/aromatic N) is 1. The summed E-state index contributed by atoms with van der Waals surface area (Å²) in [5.74, 6) is 0.911. The van der Waals surface area contributed by atoms with Gasteiger partial charge >= 0.3 is 0 Å². The summed E-state index contributed by atoms with van der Waals surface area (Å²) in [5.41, 5.74) is 4.54. The van der Waals surface area contributed by atoms with E-state index in [0.29, 0.717) is 0 Å². The molecule has 1 aromatic rings. The van der Waals surface area contributed by atoms with E-state index in [2.05, 4.69) is 17.6 Å². The summed E-state index contributed by atoms with van der Waals surface area (Å²) in [6.07, 6.45) is 1.03. The third-order valence-corrected chi connectivity index (χ3v) is 2.00. The number of ether oxygens (including phenoxy) is 1. The zero-order chi connectivity index (χ0) is 10.4.